The topological polar surface area (TPSA) is 41.1 Å². The minimum absolute atomic E-state index is 0.273. The second-order valence-electron chi connectivity index (χ2n) is 8.39. The molecule has 124 valence electrons. The van der Waals surface area contributed by atoms with E-state index in [0.29, 0.717) is 5.15 Å². The van der Waals surface area contributed by atoms with Crippen molar-refractivity contribution in [2.24, 2.45) is 17.8 Å². The van der Waals surface area contributed by atoms with Crippen LogP contribution in [0.25, 0.3) is 0 Å². The number of nitrogens with one attached hydrogen (secondary N) is 1. The van der Waals surface area contributed by atoms with Crippen molar-refractivity contribution in [3.05, 3.63) is 11.2 Å². The van der Waals surface area contributed by atoms with Gasteiger partial charge in [-0.15, -0.1) is 0 Å². The monoisotopic (exact) mass is 332 g/mol. The molecule has 4 nitrogen and oxygen atoms in total. The van der Waals surface area contributed by atoms with Gasteiger partial charge in [0.05, 0.1) is 0 Å². The van der Waals surface area contributed by atoms with Gasteiger partial charge in [0.2, 0.25) is 5.95 Å². The Morgan fingerprint density at radius 1 is 1.00 bits per heavy atom. The molecule has 5 fully saturated rings. The molecule has 1 N–H and O–H groups in total. The number of aromatic nitrogens is 2. The largest absolute Gasteiger partial charge is 0.364 e. The lowest BCUT2D eigenvalue weighted by Gasteiger charge is -2.57. The maximum Gasteiger partial charge on any atom is 0.228 e. The van der Waals surface area contributed by atoms with Gasteiger partial charge < -0.3 is 10.2 Å². The van der Waals surface area contributed by atoms with E-state index in [1.165, 1.54) is 51.4 Å². The van der Waals surface area contributed by atoms with Crippen LogP contribution < -0.4 is 10.2 Å². The minimum atomic E-state index is 0.273. The van der Waals surface area contributed by atoms with Gasteiger partial charge in [0, 0.05) is 24.7 Å². The molecular weight excluding hydrogens is 308 g/mol. The molecule has 1 saturated heterocycles. The highest BCUT2D eigenvalue weighted by atomic mass is 35.5. The number of anilines is 2. The minimum Gasteiger partial charge on any atom is -0.364 e. The summed E-state index contributed by atoms with van der Waals surface area (Å²) in [5, 5.41) is 4.39. The summed E-state index contributed by atoms with van der Waals surface area (Å²) < 4.78 is 0. The van der Waals surface area contributed by atoms with Crippen LogP contribution in [0.5, 0.6) is 0 Å². The predicted molar refractivity (Wildman–Crippen MR) is 93.0 cm³/mol. The molecule has 0 aromatic carbocycles. The summed E-state index contributed by atoms with van der Waals surface area (Å²) >= 11 is 6.30. The van der Waals surface area contributed by atoms with E-state index < -0.39 is 0 Å². The Morgan fingerprint density at radius 2 is 1.61 bits per heavy atom. The molecule has 4 bridgehead atoms. The summed E-state index contributed by atoms with van der Waals surface area (Å²) in [6.07, 6.45) is 10.8. The summed E-state index contributed by atoms with van der Waals surface area (Å²) in [4.78, 5) is 11.5. The quantitative estimate of drug-likeness (QED) is 0.846. The van der Waals surface area contributed by atoms with Gasteiger partial charge >= 0.3 is 0 Å². The number of halogens is 1. The molecule has 0 spiro atoms. The smallest absolute Gasteiger partial charge is 0.228 e. The molecule has 2 heterocycles. The Labute approximate surface area is 143 Å². The van der Waals surface area contributed by atoms with Gasteiger partial charge in [-0.3, -0.25) is 0 Å². The van der Waals surface area contributed by atoms with Gasteiger partial charge in [0.1, 0.15) is 11.0 Å². The van der Waals surface area contributed by atoms with Gasteiger partial charge in [-0.05, 0) is 69.1 Å². The molecule has 5 heteroatoms. The normalized spacial score (nSPS) is 38.3. The first-order valence-electron chi connectivity index (χ1n) is 9.25. The molecule has 1 aliphatic heterocycles. The molecule has 1 aromatic rings. The summed E-state index contributed by atoms with van der Waals surface area (Å²) in [7, 11) is 0. The fraction of sp³-hybridized carbons (Fsp3) is 0.778. The van der Waals surface area contributed by atoms with Crippen molar-refractivity contribution < 1.29 is 0 Å². The van der Waals surface area contributed by atoms with Crippen LogP contribution in [0.15, 0.2) is 6.07 Å². The van der Waals surface area contributed by atoms with E-state index in [1.54, 1.807) is 0 Å². The second-order valence-corrected chi connectivity index (χ2v) is 8.78. The molecule has 5 aliphatic rings. The molecule has 4 aliphatic carbocycles. The molecular formula is C18H25ClN4. The Kier molecular flexibility index (Phi) is 3.26. The van der Waals surface area contributed by atoms with Crippen LogP contribution in [0.3, 0.4) is 0 Å². The highest BCUT2D eigenvalue weighted by molar-refractivity contribution is 6.29. The number of rotatable bonds is 3. The molecule has 4 saturated carbocycles. The molecule has 0 atom stereocenters. The van der Waals surface area contributed by atoms with E-state index in [2.05, 4.69) is 15.2 Å². The summed E-state index contributed by atoms with van der Waals surface area (Å²) in [5.41, 5.74) is 0.273. The standard InChI is InChI=1S/C18H25ClN4/c19-15-8-16(21-17(20-15)23-3-1-2-4-23)22-18-9-12-5-13(10-18)7-14(6-12)11-18/h8,12-14H,1-7,9-11H2,(H,20,21,22). The van der Waals surface area contributed by atoms with Crippen LogP contribution in [0.1, 0.15) is 51.4 Å². The van der Waals surface area contributed by atoms with E-state index in [-0.39, 0.29) is 5.54 Å². The van der Waals surface area contributed by atoms with Crippen molar-refractivity contribution in [1.29, 1.82) is 0 Å². The zero-order chi connectivity index (χ0) is 15.4. The van der Waals surface area contributed by atoms with E-state index >= 15 is 0 Å². The lowest BCUT2D eigenvalue weighted by Crippen LogP contribution is -2.54. The maximum atomic E-state index is 6.30. The molecule has 6 rings (SSSR count). The van der Waals surface area contributed by atoms with Gasteiger partial charge in [-0.2, -0.15) is 4.98 Å². The van der Waals surface area contributed by atoms with Gasteiger partial charge in [0.25, 0.3) is 0 Å². The average molecular weight is 333 g/mol. The predicted octanol–water partition coefficient (Wildman–Crippen LogP) is 4.11. The van der Waals surface area contributed by atoms with Crippen molar-refractivity contribution in [2.75, 3.05) is 23.3 Å². The lowest BCUT2D eigenvalue weighted by atomic mass is 9.53. The van der Waals surface area contributed by atoms with Crippen LogP contribution in [-0.2, 0) is 0 Å². The van der Waals surface area contributed by atoms with Crippen LogP contribution in [-0.4, -0.2) is 28.6 Å². The van der Waals surface area contributed by atoms with Crippen molar-refractivity contribution >= 4 is 23.4 Å². The summed E-state index contributed by atoms with van der Waals surface area (Å²) in [5.74, 6) is 4.55. The van der Waals surface area contributed by atoms with Crippen molar-refractivity contribution in [3.8, 4) is 0 Å². The van der Waals surface area contributed by atoms with Crippen molar-refractivity contribution in [3.63, 3.8) is 0 Å². The maximum absolute atomic E-state index is 6.30. The third-order valence-electron chi connectivity index (χ3n) is 6.50. The fourth-order valence-electron chi connectivity index (χ4n) is 6.06. The first-order valence-corrected chi connectivity index (χ1v) is 9.63. The lowest BCUT2D eigenvalue weighted by molar-refractivity contribution is 0.0105. The van der Waals surface area contributed by atoms with Crippen LogP contribution in [0.4, 0.5) is 11.8 Å². The molecule has 1 aromatic heterocycles. The fourth-order valence-corrected chi connectivity index (χ4v) is 6.24. The van der Waals surface area contributed by atoms with E-state index in [0.717, 1.165) is 42.6 Å². The van der Waals surface area contributed by atoms with Gasteiger partial charge in [-0.1, -0.05) is 11.6 Å². The average Bonchev–Trinajstić information content (AvgIpc) is 2.98. The summed E-state index contributed by atoms with van der Waals surface area (Å²) in [6, 6.07) is 1.92. The Morgan fingerprint density at radius 3 is 2.22 bits per heavy atom. The Bertz CT molecular complexity index is 576. The molecule has 0 unspecified atom stereocenters. The van der Waals surface area contributed by atoms with Crippen LogP contribution >= 0.6 is 11.6 Å². The summed E-state index contributed by atoms with van der Waals surface area (Å²) in [6.45, 7) is 2.11. The Hall–Kier alpha value is -1.03. The second kappa shape index (κ2) is 5.23. The van der Waals surface area contributed by atoms with E-state index in [4.69, 9.17) is 16.6 Å². The zero-order valence-electron chi connectivity index (χ0n) is 13.6. The number of hydrogen-bond donors (Lipinski definition) is 1. The van der Waals surface area contributed by atoms with Crippen molar-refractivity contribution in [2.45, 2.75) is 56.9 Å². The molecule has 0 amide bonds. The van der Waals surface area contributed by atoms with Crippen LogP contribution in [0, 0.1) is 17.8 Å². The van der Waals surface area contributed by atoms with Gasteiger partial charge in [0.15, 0.2) is 0 Å². The third-order valence-corrected chi connectivity index (χ3v) is 6.70. The highest BCUT2D eigenvalue weighted by Crippen LogP contribution is 2.56. The first-order chi connectivity index (χ1) is 11.2. The molecule has 23 heavy (non-hydrogen) atoms. The SMILES string of the molecule is Clc1cc(NC23CC4CC(CC(C4)C2)C3)nc(N2CCCC2)n1. The first kappa shape index (κ1) is 14.3. The Balaban J connectivity index is 1.41. The zero-order valence-corrected chi connectivity index (χ0v) is 14.4. The molecule has 0 radical (unpaired) electrons. The number of nitrogens with zero attached hydrogens (tertiary/aromatic N) is 3. The van der Waals surface area contributed by atoms with E-state index in [1.807, 2.05) is 6.07 Å². The van der Waals surface area contributed by atoms with Gasteiger partial charge in [-0.25, -0.2) is 4.98 Å². The van der Waals surface area contributed by atoms with Crippen LogP contribution in [0.2, 0.25) is 5.15 Å². The van der Waals surface area contributed by atoms with E-state index in [9.17, 15) is 0 Å². The van der Waals surface area contributed by atoms with Crippen molar-refractivity contribution in [1.82, 2.24) is 9.97 Å². The highest BCUT2D eigenvalue weighted by Gasteiger charge is 2.51. The third kappa shape index (κ3) is 2.59. The number of hydrogen-bond acceptors (Lipinski definition) is 4.